The highest BCUT2D eigenvalue weighted by atomic mass is 16.5. The lowest BCUT2D eigenvalue weighted by atomic mass is 9.97. The third-order valence-electron chi connectivity index (χ3n) is 3.82. The number of ether oxygens (including phenoxy) is 2. The Morgan fingerprint density at radius 1 is 1.40 bits per heavy atom. The summed E-state index contributed by atoms with van der Waals surface area (Å²) in [7, 11) is 2.05. The van der Waals surface area contributed by atoms with Crippen molar-refractivity contribution in [1.29, 1.82) is 0 Å². The molecule has 0 radical (unpaired) electrons. The molecule has 2 rings (SSSR count). The number of likely N-dealkylation sites (N-methyl/N-ethyl adjacent to an activating group) is 1. The van der Waals surface area contributed by atoms with E-state index in [0.717, 1.165) is 30.7 Å². The highest BCUT2D eigenvalue weighted by molar-refractivity contribution is 5.49. The summed E-state index contributed by atoms with van der Waals surface area (Å²) in [6, 6.07) is 5.72. The molecule has 0 fully saturated rings. The van der Waals surface area contributed by atoms with Gasteiger partial charge in [0.05, 0.1) is 12.6 Å². The van der Waals surface area contributed by atoms with Crippen LogP contribution in [0.1, 0.15) is 38.4 Å². The normalized spacial score (nSPS) is 21.4. The van der Waals surface area contributed by atoms with Crippen LogP contribution in [0.15, 0.2) is 18.2 Å². The Morgan fingerprint density at radius 3 is 2.90 bits per heavy atom. The van der Waals surface area contributed by atoms with Crippen LogP contribution >= 0.6 is 0 Å². The van der Waals surface area contributed by atoms with Gasteiger partial charge in [-0.15, -0.1) is 0 Å². The first kappa shape index (κ1) is 15.1. The zero-order valence-corrected chi connectivity index (χ0v) is 12.6. The molecule has 0 aliphatic carbocycles. The monoisotopic (exact) mass is 279 g/mol. The topological polar surface area (TPSA) is 41.9 Å². The van der Waals surface area contributed by atoms with Gasteiger partial charge >= 0.3 is 0 Å². The summed E-state index contributed by atoms with van der Waals surface area (Å²) in [6.45, 7) is 6.18. The second kappa shape index (κ2) is 6.95. The zero-order chi connectivity index (χ0) is 14.5. The van der Waals surface area contributed by atoms with E-state index < -0.39 is 6.10 Å². The molecular formula is C16H25NO3. The van der Waals surface area contributed by atoms with Gasteiger partial charge in [0.1, 0.15) is 12.7 Å². The van der Waals surface area contributed by atoms with E-state index in [1.165, 1.54) is 0 Å². The molecule has 4 nitrogen and oxygen atoms in total. The number of hydrogen-bond acceptors (Lipinski definition) is 4. The van der Waals surface area contributed by atoms with Gasteiger partial charge in [-0.1, -0.05) is 25.5 Å². The maximum Gasteiger partial charge on any atom is 0.167 e. The Labute approximate surface area is 121 Å². The molecule has 1 aliphatic heterocycles. The van der Waals surface area contributed by atoms with Crippen LogP contribution in [0.4, 0.5) is 0 Å². The lowest BCUT2D eigenvalue weighted by Crippen LogP contribution is -2.44. The van der Waals surface area contributed by atoms with Crippen molar-refractivity contribution >= 4 is 0 Å². The van der Waals surface area contributed by atoms with Gasteiger partial charge in [0.25, 0.3) is 0 Å². The minimum absolute atomic E-state index is 0.00549. The molecule has 4 heteroatoms. The van der Waals surface area contributed by atoms with Crippen molar-refractivity contribution in [3.8, 4) is 11.5 Å². The molecule has 0 spiro atoms. The van der Waals surface area contributed by atoms with Crippen LogP contribution < -0.4 is 9.47 Å². The van der Waals surface area contributed by atoms with Gasteiger partial charge in [0.15, 0.2) is 11.5 Å². The average molecular weight is 279 g/mol. The quantitative estimate of drug-likeness (QED) is 0.869. The van der Waals surface area contributed by atoms with Crippen LogP contribution in [0, 0.1) is 0 Å². The second-order valence-corrected chi connectivity index (χ2v) is 5.26. The van der Waals surface area contributed by atoms with Crippen LogP contribution in [0.5, 0.6) is 11.5 Å². The number of unbranched alkanes of at least 4 members (excludes halogenated alkanes) is 1. The Hall–Kier alpha value is -1.26. The van der Waals surface area contributed by atoms with Crippen molar-refractivity contribution in [1.82, 2.24) is 4.90 Å². The molecule has 0 amide bonds. The number of rotatable bonds is 6. The number of aliphatic hydroxyl groups is 1. The predicted octanol–water partition coefficient (Wildman–Crippen LogP) is 2.61. The van der Waals surface area contributed by atoms with E-state index in [-0.39, 0.29) is 6.04 Å². The fourth-order valence-corrected chi connectivity index (χ4v) is 2.60. The minimum Gasteiger partial charge on any atom is -0.490 e. The molecular weight excluding hydrogens is 254 g/mol. The van der Waals surface area contributed by atoms with Gasteiger partial charge in [0, 0.05) is 5.56 Å². The molecule has 0 aromatic heterocycles. The summed E-state index contributed by atoms with van der Waals surface area (Å²) in [6.07, 6.45) is 1.76. The summed E-state index contributed by atoms with van der Waals surface area (Å²) < 4.78 is 11.4. The SMILES string of the molecule is CCCCN(C)C1COc2c(OCC)cccc2C1O. The lowest BCUT2D eigenvalue weighted by Gasteiger charge is -2.36. The van der Waals surface area contributed by atoms with E-state index in [2.05, 4.69) is 11.8 Å². The molecule has 1 aliphatic rings. The minimum atomic E-state index is -0.527. The van der Waals surface area contributed by atoms with Crippen LogP contribution in [0.25, 0.3) is 0 Å². The first-order valence-electron chi connectivity index (χ1n) is 7.45. The molecule has 20 heavy (non-hydrogen) atoms. The Bertz CT molecular complexity index is 436. The highest BCUT2D eigenvalue weighted by Crippen LogP contribution is 2.40. The maximum atomic E-state index is 10.6. The first-order chi connectivity index (χ1) is 9.69. The van der Waals surface area contributed by atoms with E-state index in [1.54, 1.807) is 0 Å². The van der Waals surface area contributed by atoms with Crippen LogP contribution in [0.3, 0.4) is 0 Å². The van der Waals surface area contributed by atoms with E-state index in [4.69, 9.17) is 9.47 Å². The highest BCUT2D eigenvalue weighted by Gasteiger charge is 2.33. The fraction of sp³-hybridized carbons (Fsp3) is 0.625. The number of hydrogen-bond donors (Lipinski definition) is 1. The maximum absolute atomic E-state index is 10.6. The summed E-state index contributed by atoms with van der Waals surface area (Å²) in [4.78, 5) is 2.18. The number of nitrogens with zero attached hydrogens (tertiary/aromatic N) is 1. The molecule has 1 N–H and O–H groups in total. The summed E-state index contributed by atoms with van der Waals surface area (Å²) in [5, 5.41) is 10.6. The van der Waals surface area contributed by atoms with Crippen molar-refractivity contribution in [2.75, 3.05) is 26.8 Å². The Balaban J connectivity index is 2.17. The van der Waals surface area contributed by atoms with Crippen LogP contribution in [-0.4, -0.2) is 42.9 Å². The number of benzene rings is 1. The van der Waals surface area contributed by atoms with E-state index >= 15 is 0 Å². The standard InChI is InChI=1S/C16H25NO3/c1-4-6-10-17(3)13-11-20-16-12(15(13)18)8-7-9-14(16)19-5-2/h7-9,13,15,18H,4-6,10-11H2,1-3H3. The van der Waals surface area contributed by atoms with Gasteiger partial charge in [-0.3, -0.25) is 4.90 Å². The Kier molecular flexibility index (Phi) is 5.26. The van der Waals surface area contributed by atoms with E-state index in [9.17, 15) is 5.11 Å². The third-order valence-corrected chi connectivity index (χ3v) is 3.82. The first-order valence-corrected chi connectivity index (χ1v) is 7.45. The van der Waals surface area contributed by atoms with E-state index in [0.29, 0.717) is 19.0 Å². The molecule has 0 saturated carbocycles. The van der Waals surface area contributed by atoms with Gasteiger partial charge < -0.3 is 14.6 Å². The van der Waals surface area contributed by atoms with Crippen molar-refractivity contribution in [2.24, 2.45) is 0 Å². The number of para-hydroxylation sites is 1. The Morgan fingerprint density at radius 2 is 2.20 bits per heavy atom. The molecule has 2 atom stereocenters. The molecule has 1 heterocycles. The third kappa shape index (κ3) is 3.07. The second-order valence-electron chi connectivity index (χ2n) is 5.26. The molecule has 0 bridgehead atoms. The van der Waals surface area contributed by atoms with E-state index in [1.807, 2.05) is 32.2 Å². The fourth-order valence-electron chi connectivity index (χ4n) is 2.60. The van der Waals surface area contributed by atoms with Gasteiger partial charge in [-0.25, -0.2) is 0 Å². The molecule has 0 saturated heterocycles. The summed E-state index contributed by atoms with van der Waals surface area (Å²) >= 11 is 0. The smallest absolute Gasteiger partial charge is 0.167 e. The summed E-state index contributed by atoms with van der Waals surface area (Å²) in [5.41, 5.74) is 0.829. The summed E-state index contributed by atoms with van der Waals surface area (Å²) in [5.74, 6) is 1.42. The van der Waals surface area contributed by atoms with Crippen molar-refractivity contribution < 1.29 is 14.6 Å². The number of aliphatic hydroxyl groups excluding tert-OH is 1. The largest absolute Gasteiger partial charge is 0.490 e. The molecule has 1 aromatic carbocycles. The van der Waals surface area contributed by atoms with Crippen LogP contribution in [0.2, 0.25) is 0 Å². The zero-order valence-electron chi connectivity index (χ0n) is 12.6. The average Bonchev–Trinajstić information content (AvgIpc) is 2.46. The number of fused-ring (bicyclic) bond motifs is 1. The van der Waals surface area contributed by atoms with Gasteiger partial charge in [0.2, 0.25) is 0 Å². The lowest BCUT2D eigenvalue weighted by molar-refractivity contribution is 0.0133. The van der Waals surface area contributed by atoms with Crippen molar-refractivity contribution in [3.05, 3.63) is 23.8 Å². The molecule has 2 unspecified atom stereocenters. The molecule has 112 valence electrons. The van der Waals surface area contributed by atoms with Crippen molar-refractivity contribution in [3.63, 3.8) is 0 Å². The van der Waals surface area contributed by atoms with Crippen LogP contribution in [-0.2, 0) is 0 Å². The van der Waals surface area contributed by atoms with Gasteiger partial charge in [-0.05, 0) is 33.0 Å². The molecule has 1 aromatic rings. The van der Waals surface area contributed by atoms with Gasteiger partial charge in [-0.2, -0.15) is 0 Å². The predicted molar refractivity (Wildman–Crippen MR) is 79.4 cm³/mol. The van der Waals surface area contributed by atoms with Crippen molar-refractivity contribution in [2.45, 2.75) is 38.8 Å².